The molecule has 3 nitrogen and oxygen atoms in total. The Kier molecular flexibility index (Phi) is 2.66. The van der Waals surface area contributed by atoms with Gasteiger partial charge < -0.3 is 10.6 Å². The van der Waals surface area contributed by atoms with E-state index in [0.717, 1.165) is 13.0 Å². The number of likely N-dealkylation sites (tertiary alicyclic amines) is 1. The molecular weight excluding hydrogens is 164 g/mol. The highest BCUT2D eigenvalue weighted by Crippen LogP contribution is 2.28. The van der Waals surface area contributed by atoms with Crippen molar-refractivity contribution in [3.05, 3.63) is 0 Å². The number of rotatable bonds is 1. The number of carbonyl (C=O) groups is 1. The largest absolute Gasteiger partial charge is 0.336 e. The van der Waals surface area contributed by atoms with Crippen LogP contribution in [0.3, 0.4) is 0 Å². The summed E-state index contributed by atoms with van der Waals surface area (Å²) >= 11 is 0. The number of carbonyl (C=O) groups excluding carboxylic acids is 1. The molecule has 0 aromatic carbocycles. The molecule has 1 amide bonds. The van der Waals surface area contributed by atoms with Gasteiger partial charge in [-0.2, -0.15) is 0 Å². The Hall–Kier alpha value is -0.570. The van der Waals surface area contributed by atoms with Gasteiger partial charge in [0.05, 0.1) is 5.54 Å². The fourth-order valence-electron chi connectivity index (χ4n) is 1.82. The molecule has 0 aliphatic carbocycles. The fourth-order valence-corrected chi connectivity index (χ4v) is 1.82. The average Bonchev–Trinajstić information content (AvgIpc) is 2.26. The number of amides is 1. The molecule has 1 aliphatic heterocycles. The van der Waals surface area contributed by atoms with Crippen LogP contribution >= 0.6 is 0 Å². The lowest BCUT2D eigenvalue weighted by atomic mass is 9.96. The van der Waals surface area contributed by atoms with Gasteiger partial charge in [-0.25, -0.2) is 0 Å². The SMILES string of the molecule is CC(C)C(=O)N1CCC(N)C1(C)C. The summed E-state index contributed by atoms with van der Waals surface area (Å²) in [7, 11) is 0. The molecule has 1 heterocycles. The predicted octanol–water partition coefficient (Wildman–Crippen LogP) is 0.981. The van der Waals surface area contributed by atoms with E-state index in [1.54, 1.807) is 0 Å². The van der Waals surface area contributed by atoms with Gasteiger partial charge >= 0.3 is 0 Å². The molecule has 3 heteroatoms. The van der Waals surface area contributed by atoms with E-state index in [0.29, 0.717) is 0 Å². The van der Waals surface area contributed by atoms with E-state index in [-0.39, 0.29) is 23.4 Å². The van der Waals surface area contributed by atoms with Gasteiger partial charge in [0.15, 0.2) is 0 Å². The average molecular weight is 184 g/mol. The van der Waals surface area contributed by atoms with Crippen LogP contribution in [-0.4, -0.2) is 28.9 Å². The fraction of sp³-hybridized carbons (Fsp3) is 0.900. The van der Waals surface area contributed by atoms with Crippen molar-refractivity contribution in [2.45, 2.75) is 45.7 Å². The van der Waals surface area contributed by atoms with Crippen LogP contribution in [0.15, 0.2) is 0 Å². The first kappa shape index (κ1) is 10.5. The summed E-state index contributed by atoms with van der Waals surface area (Å²) in [5.74, 6) is 0.294. The van der Waals surface area contributed by atoms with Crippen molar-refractivity contribution >= 4 is 5.91 Å². The van der Waals surface area contributed by atoms with Crippen LogP contribution in [0.2, 0.25) is 0 Å². The maximum absolute atomic E-state index is 11.8. The van der Waals surface area contributed by atoms with Gasteiger partial charge in [-0.05, 0) is 20.3 Å². The quantitative estimate of drug-likeness (QED) is 0.660. The van der Waals surface area contributed by atoms with Gasteiger partial charge in [-0.1, -0.05) is 13.8 Å². The van der Waals surface area contributed by atoms with Crippen LogP contribution in [0.25, 0.3) is 0 Å². The highest BCUT2D eigenvalue weighted by Gasteiger charge is 2.41. The van der Waals surface area contributed by atoms with E-state index in [2.05, 4.69) is 0 Å². The van der Waals surface area contributed by atoms with E-state index in [4.69, 9.17) is 5.73 Å². The summed E-state index contributed by atoms with van der Waals surface area (Å²) in [5, 5.41) is 0. The smallest absolute Gasteiger partial charge is 0.225 e. The Balaban J connectivity index is 2.78. The minimum Gasteiger partial charge on any atom is -0.336 e. The lowest BCUT2D eigenvalue weighted by Crippen LogP contribution is -2.52. The van der Waals surface area contributed by atoms with E-state index >= 15 is 0 Å². The van der Waals surface area contributed by atoms with Crippen LogP contribution in [0.4, 0.5) is 0 Å². The van der Waals surface area contributed by atoms with Gasteiger partial charge in [-0.3, -0.25) is 4.79 Å². The Labute approximate surface area is 80.3 Å². The summed E-state index contributed by atoms with van der Waals surface area (Å²) in [6.45, 7) is 8.77. The Morgan fingerprint density at radius 1 is 1.54 bits per heavy atom. The topological polar surface area (TPSA) is 46.3 Å². The van der Waals surface area contributed by atoms with Gasteiger partial charge in [0.2, 0.25) is 5.91 Å². The molecule has 0 spiro atoms. The minimum atomic E-state index is -0.165. The molecule has 0 saturated carbocycles. The lowest BCUT2D eigenvalue weighted by Gasteiger charge is -2.35. The zero-order valence-electron chi connectivity index (χ0n) is 9.00. The van der Waals surface area contributed by atoms with E-state index < -0.39 is 0 Å². The number of nitrogens with zero attached hydrogens (tertiary/aromatic N) is 1. The Morgan fingerprint density at radius 3 is 2.38 bits per heavy atom. The summed E-state index contributed by atoms with van der Waals surface area (Å²) in [4.78, 5) is 13.7. The van der Waals surface area contributed by atoms with Crippen molar-refractivity contribution in [1.82, 2.24) is 4.90 Å². The summed E-state index contributed by atoms with van der Waals surface area (Å²) in [6, 6.07) is 0.121. The molecule has 1 saturated heterocycles. The first-order valence-electron chi connectivity index (χ1n) is 4.94. The molecule has 0 aromatic heterocycles. The molecule has 0 radical (unpaired) electrons. The van der Waals surface area contributed by atoms with Crippen LogP contribution in [0.1, 0.15) is 34.1 Å². The molecule has 1 unspecified atom stereocenters. The molecule has 1 atom stereocenters. The first-order chi connectivity index (χ1) is 5.87. The highest BCUT2D eigenvalue weighted by atomic mass is 16.2. The molecule has 76 valence electrons. The maximum Gasteiger partial charge on any atom is 0.225 e. The van der Waals surface area contributed by atoms with Crippen LogP contribution in [0.5, 0.6) is 0 Å². The van der Waals surface area contributed by atoms with Gasteiger partial charge in [0.25, 0.3) is 0 Å². The minimum absolute atomic E-state index is 0.0737. The summed E-state index contributed by atoms with van der Waals surface area (Å²) in [6.07, 6.45) is 0.922. The van der Waals surface area contributed by atoms with Crippen molar-refractivity contribution in [1.29, 1.82) is 0 Å². The maximum atomic E-state index is 11.8. The van der Waals surface area contributed by atoms with Crippen LogP contribution in [0, 0.1) is 5.92 Å². The highest BCUT2D eigenvalue weighted by molar-refractivity contribution is 5.79. The van der Waals surface area contributed by atoms with Gasteiger partial charge in [-0.15, -0.1) is 0 Å². The summed E-state index contributed by atoms with van der Waals surface area (Å²) in [5.41, 5.74) is 5.78. The van der Waals surface area contributed by atoms with Gasteiger partial charge in [0.1, 0.15) is 0 Å². The normalized spacial score (nSPS) is 26.9. The van der Waals surface area contributed by atoms with Crippen LogP contribution < -0.4 is 5.73 Å². The second kappa shape index (κ2) is 3.29. The summed E-state index contributed by atoms with van der Waals surface area (Å²) < 4.78 is 0. The third kappa shape index (κ3) is 1.70. The molecule has 2 N–H and O–H groups in total. The zero-order valence-corrected chi connectivity index (χ0v) is 9.00. The van der Waals surface area contributed by atoms with Crippen molar-refractivity contribution in [3.8, 4) is 0 Å². The molecule has 0 bridgehead atoms. The molecule has 1 aliphatic rings. The third-order valence-electron chi connectivity index (χ3n) is 3.03. The Bertz CT molecular complexity index is 211. The van der Waals surface area contributed by atoms with E-state index in [1.165, 1.54) is 0 Å². The molecule has 1 fully saturated rings. The predicted molar refractivity (Wildman–Crippen MR) is 53.2 cm³/mol. The number of hydrogen-bond acceptors (Lipinski definition) is 2. The van der Waals surface area contributed by atoms with Crippen molar-refractivity contribution in [2.24, 2.45) is 11.7 Å². The number of hydrogen-bond donors (Lipinski definition) is 1. The van der Waals surface area contributed by atoms with Crippen molar-refractivity contribution in [3.63, 3.8) is 0 Å². The first-order valence-corrected chi connectivity index (χ1v) is 4.94. The molecular formula is C10H20N2O. The second-order valence-electron chi connectivity index (χ2n) is 4.69. The Morgan fingerprint density at radius 2 is 2.08 bits per heavy atom. The second-order valence-corrected chi connectivity index (χ2v) is 4.69. The van der Waals surface area contributed by atoms with Crippen LogP contribution in [-0.2, 0) is 4.79 Å². The molecule has 1 rings (SSSR count). The lowest BCUT2D eigenvalue weighted by molar-refractivity contribution is -0.137. The monoisotopic (exact) mass is 184 g/mol. The molecule has 13 heavy (non-hydrogen) atoms. The van der Waals surface area contributed by atoms with E-state index in [9.17, 15) is 4.79 Å². The van der Waals surface area contributed by atoms with Crippen molar-refractivity contribution < 1.29 is 4.79 Å². The standard InChI is InChI=1S/C10H20N2O/c1-7(2)9(13)12-6-5-8(11)10(12,3)4/h7-8H,5-6,11H2,1-4H3. The zero-order chi connectivity index (χ0) is 10.2. The van der Waals surface area contributed by atoms with E-state index in [1.807, 2.05) is 32.6 Å². The van der Waals surface area contributed by atoms with Crippen molar-refractivity contribution in [2.75, 3.05) is 6.54 Å². The van der Waals surface area contributed by atoms with Gasteiger partial charge in [0, 0.05) is 18.5 Å². The molecule has 0 aromatic rings. The number of nitrogens with two attached hydrogens (primary N) is 1. The third-order valence-corrected chi connectivity index (χ3v) is 3.03.